The van der Waals surface area contributed by atoms with Gasteiger partial charge >= 0.3 is 0 Å². The molecule has 66 valence electrons. The number of aliphatic hydroxyl groups is 1. The zero-order chi connectivity index (χ0) is 8.27. The Morgan fingerprint density at radius 2 is 2.27 bits per heavy atom. The van der Waals surface area contributed by atoms with Gasteiger partial charge in [0.1, 0.15) is 0 Å². The summed E-state index contributed by atoms with van der Waals surface area (Å²) < 4.78 is 4.84. The summed E-state index contributed by atoms with van der Waals surface area (Å²) in [5, 5.41) is 12.6. The van der Waals surface area contributed by atoms with Crippen molar-refractivity contribution in [3.05, 3.63) is 0 Å². The zero-order valence-electron chi connectivity index (χ0n) is 7.21. The van der Waals surface area contributed by atoms with Gasteiger partial charge in [-0.2, -0.15) is 0 Å². The fraction of sp³-hybridized carbons (Fsp3) is 1.00. The van der Waals surface area contributed by atoms with Gasteiger partial charge in [-0.05, 0) is 19.8 Å². The lowest BCUT2D eigenvalue weighted by Crippen LogP contribution is -2.42. The predicted octanol–water partition coefficient (Wildman–Crippen LogP) is 0.339. The Kier molecular flexibility index (Phi) is 3.30. The third-order valence-electron chi connectivity index (χ3n) is 2.34. The molecule has 0 radical (unpaired) electrons. The molecule has 1 fully saturated rings. The number of hydrogen-bond donors (Lipinski definition) is 2. The van der Waals surface area contributed by atoms with Gasteiger partial charge in [0, 0.05) is 25.6 Å². The molecule has 0 amide bonds. The van der Waals surface area contributed by atoms with Crippen molar-refractivity contribution in [2.75, 3.05) is 13.7 Å². The number of aliphatic hydroxyl groups excluding tert-OH is 1. The van der Waals surface area contributed by atoms with Gasteiger partial charge in [-0.25, -0.2) is 0 Å². The largest absolute Gasteiger partial charge is 0.368 e. The molecule has 3 nitrogen and oxygen atoms in total. The normalized spacial score (nSPS) is 35.2. The van der Waals surface area contributed by atoms with E-state index in [0.29, 0.717) is 6.04 Å². The first-order valence-corrected chi connectivity index (χ1v) is 4.18. The molecule has 3 atom stereocenters. The quantitative estimate of drug-likeness (QED) is 0.571. The van der Waals surface area contributed by atoms with Gasteiger partial charge in [0.05, 0.1) is 0 Å². The van der Waals surface area contributed by atoms with Crippen LogP contribution in [-0.2, 0) is 4.74 Å². The van der Waals surface area contributed by atoms with Crippen LogP contribution in [0.25, 0.3) is 0 Å². The number of ether oxygens (including phenoxy) is 1. The maximum absolute atomic E-state index is 9.31. The average molecular weight is 159 g/mol. The van der Waals surface area contributed by atoms with Gasteiger partial charge in [-0.1, -0.05) is 0 Å². The molecule has 1 heterocycles. The Balaban J connectivity index is 2.27. The summed E-state index contributed by atoms with van der Waals surface area (Å²) in [5.74, 6) is 0.274. The van der Waals surface area contributed by atoms with Crippen molar-refractivity contribution in [2.45, 2.75) is 32.1 Å². The van der Waals surface area contributed by atoms with Crippen molar-refractivity contribution in [3.63, 3.8) is 0 Å². The average Bonchev–Trinajstić information content (AvgIpc) is 2.05. The second-order valence-electron chi connectivity index (χ2n) is 3.27. The van der Waals surface area contributed by atoms with Crippen LogP contribution in [0.3, 0.4) is 0 Å². The van der Waals surface area contributed by atoms with E-state index in [1.54, 1.807) is 7.11 Å². The fourth-order valence-corrected chi connectivity index (χ4v) is 1.46. The first-order chi connectivity index (χ1) is 5.24. The van der Waals surface area contributed by atoms with E-state index in [1.807, 2.05) is 0 Å². The van der Waals surface area contributed by atoms with Gasteiger partial charge in [0.15, 0.2) is 6.29 Å². The lowest BCUT2D eigenvalue weighted by molar-refractivity contribution is -0.118. The zero-order valence-corrected chi connectivity index (χ0v) is 7.21. The lowest BCUT2D eigenvalue weighted by Gasteiger charge is -2.29. The summed E-state index contributed by atoms with van der Waals surface area (Å²) in [5.41, 5.74) is 0. The monoisotopic (exact) mass is 159 g/mol. The van der Waals surface area contributed by atoms with Crippen LogP contribution in [0.2, 0.25) is 0 Å². The number of rotatable bonds is 2. The molecular formula is C8H17NO2. The smallest absolute Gasteiger partial charge is 0.158 e. The fourth-order valence-electron chi connectivity index (χ4n) is 1.46. The second-order valence-corrected chi connectivity index (χ2v) is 3.27. The van der Waals surface area contributed by atoms with E-state index in [4.69, 9.17) is 4.74 Å². The van der Waals surface area contributed by atoms with Gasteiger partial charge in [0.2, 0.25) is 0 Å². The van der Waals surface area contributed by atoms with E-state index < -0.39 is 6.29 Å². The Morgan fingerprint density at radius 3 is 2.73 bits per heavy atom. The SMILES string of the molecule is COC(O)C1CCC(C)NC1. The highest BCUT2D eigenvalue weighted by molar-refractivity contribution is 4.75. The number of methoxy groups -OCH3 is 1. The summed E-state index contributed by atoms with van der Waals surface area (Å²) in [6.45, 7) is 3.03. The summed E-state index contributed by atoms with van der Waals surface area (Å²) >= 11 is 0. The van der Waals surface area contributed by atoms with E-state index in [-0.39, 0.29) is 5.92 Å². The van der Waals surface area contributed by atoms with Crippen LogP contribution in [0, 0.1) is 5.92 Å². The Bertz CT molecular complexity index is 111. The molecule has 2 N–H and O–H groups in total. The Hall–Kier alpha value is -0.120. The maximum Gasteiger partial charge on any atom is 0.158 e. The minimum Gasteiger partial charge on any atom is -0.368 e. The van der Waals surface area contributed by atoms with Gasteiger partial charge in [0.25, 0.3) is 0 Å². The molecule has 0 saturated carbocycles. The predicted molar refractivity (Wildman–Crippen MR) is 43.2 cm³/mol. The molecule has 0 aliphatic carbocycles. The minimum absolute atomic E-state index is 0.274. The van der Waals surface area contributed by atoms with Gasteiger partial charge in [-0.3, -0.25) is 0 Å². The molecule has 1 saturated heterocycles. The molecule has 0 spiro atoms. The van der Waals surface area contributed by atoms with Crippen LogP contribution in [0.5, 0.6) is 0 Å². The van der Waals surface area contributed by atoms with Gasteiger partial charge < -0.3 is 15.2 Å². The van der Waals surface area contributed by atoms with E-state index in [9.17, 15) is 5.11 Å². The molecule has 1 aliphatic heterocycles. The highest BCUT2D eigenvalue weighted by Gasteiger charge is 2.23. The van der Waals surface area contributed by atoms with Crippen molar-refractivity contribution < 1.29 is 9.84 Å². The molecule has 0 aromatic rings. The lowest BCUT2D eigenvalue weighted by atomic mass is 9.95. The molecule has 1 aliphatic rings. The standard InChI is InChI=1S/C8H17NO2/c1-6-3-4-7(5-9-6)8(10)11-2/h6-10H,3-5H2,1-2H3. The molecule has 3 unspecified atom stereocenters. The number of piperidine rings is 1. The third-order valence-corrected chi connectivity index (χ3v) is 2.34. The van der Waals surface area contributed by atoms with Gasteiger partial charge in [-0.15, -0.1) is 0 Å². The summed E-state index contributed by atoms with van der Waals surface area (Å²) in [6.07, 6.45) is 1.60. The topological polar surface area (TPSA) is 41.5 Å². The molecule has 0 aromatic heterocycles. The molecular weight excluding hydrogens is 142 g/mol. The molecule has 11 heavy (non-hydrogen) atoms. The third kappa shape index (κ3) is 2.43. The number of hydrogen-bond acceptors (Lipinski definition) is 3. The van der Waals surface area contributed by atoms with Crippen molar-refractivity contribution in [2.24, 2.45) is 5.92 Å². The molecule has 0 aromatic carbocycles. The first kappa shape index (κ1) is 8.97. The molecule has 0 bridgehead atoms. The van der Waals surface area contributed by atoms with E-state index in [0.717, 1.165) is 19.4 Å². The van der Waals surface area contributed by atoms with Crippen molar-refractivity contribution in [1.29, 1.82) is 0 Å². The molecule has 1 rings (SSSR count). The Morgan fingerprint density at radius 1 is 1.55 bits per heavy atom. The van der Waals surface area contributed by atoms with Crippen LogP contribution >= 0.6 is 0 Å². The number of nitrogens with one attached hydrogen (secondary N) is 1. The van der Waals surface area contributed by atoms with E-state index in [2.05, 4.69) is 12.2 Å². The van der Waals surface area contributed by atoms with Crippen LogP contribution in [0.1, 0.15) is 19.8 Å². The van der Waals surface area contributed by atoms with E-state index >= 15 is 0 Å². The highest BCUT2D eigenvalue weighted by Crippen LogP contribution is 2.17. The van der Waals surface area contributed by atoms with E-state index in [1.165, 1.54) is 0 Å². The van der Waals surface area contributed by atoms with Crippen molar-refractivity contribution in [1.82, 2.24) is 5.32 Å². The van der Waals surface area contributed by atoms with Crippen molar-refractivity contribution >= 4 is 0 Å². The molecule has 3 heteroatoms. The summed E-state index contributed by atoms with van der Waals surface area (Å²) in [7, 11) is 1.54. The maximum atomic E-state index is 9.31. The van der Waals surface area contributed by atoms with Crippen LogP contribution in [0.15, 0.2) is 0 Å². The van der Waals surface area contributed by atoms with Crippen LogP contribution in [0.4, 0.5) is 0 Å². The summed E-state index contributed by atoms with van der Waals surface area (Å²) in [4.78, 5) is 0. The summed E-state index contributed by atoms with van der Waals surface area (Å²) in [6, 6.07) is 0.593. The van der Waals surface area contributed by atoms with Crippen LogP contribution < -0.4 is 5.32 Å². The highest BCUT2D eigenvalue weighted by atomic mass is 16.6. The second kappa shape index (κ2) is 4.04. The Labute approximate surface area is 67.7 Å². The minimum atomic E-state index is -0.588. The van der Waals surface area contributed by atoms with Crippen molar-refractivity contribution in [3.8, 4) is 0 Å². The van der Waals surface area contributed by atoms with Crippen LogP contribution in [-0.4, -0.2) is 31.1 Å². The first-order valence-electron chi connectivity index (χ1n) is 4.18.